The Balaban J connectivity index is 2.43. The van der Waals surface area contributed by atoms with E-state index in [1.165, 1.54) is 62.4 Å². The summed E-state index contributed by atoms with van der Waals surface area (Å²) in [4.78, 5) is 27.5. The molecule has 2 aromatic carbocycles. The van der Waals surface area contributed by atoms with Gasteiger partial charge in [-0.15, -0.1) is 0 Å². The standard InChI is InChI=1S/C25H34FN3O6S/c1-17(2)14-27-25(31)18(3)28(15-19-9-7-8-10-21(19)26)24(30)16-29(36(6,32)33)20-11-12-22(34-4)23(13-20)35-5/h7-13,17-18H,14-16H2,1-6H3,(H,27,31). The first-order valence-corrected chi connectivity index (χ1v) is 13.2. The Morgan fingerprint density at radius 3 is 2.22 bits per heavy atom. The van der Waals surface area contributed by atoms with Crippen LogP contribution in [0.1, 0.15) is 26.3 Å². The fraction of sp³-hybridized carbons (Fsp3) is 0.440. The Morgan fingerprint density at radius 2 is 1.67 bits per heavy atom. The molecule has 0 fully saturated rings. The van der Waals surface area contributed by atoms with Crippen LogP contribution in [0, 0.1) is 11.7 Å². The highest BCUT2D eigenvalue weighted by atomic mass is 32.2. The SMILES string of the molecule is COc1ccc(N(CC(=O)N(Cc2ccccc2F)C(C)C(=O)NCC(C)C)S(C)(=O)=O)cc1OC. The predicted molar refractivity (Wildman–Crippen MR) is 136 cm³/mol. The predicted octanol–water partition coefficient (Wildman–Crippen LogP) is 2.80. The van der Waals surface area contributed by atoms with Crippen LogP contribution in [0.3, 0.4) is 0 Å². The average molecular weight is 524 g/mol. The van der Waals surface area contributed by atoms with Gasteiger partial charge >= 0.3 is 0 Å². The van der Waals surface area contributed by atoms with Crippen LogP contribution in [0.25, 0.3) is 0 Å². The van der Waals surface area contributed by atoms with Crippen molar-refractivity contribution in [1.82, 2.24) is 10.2 Å². The molecular weight excluding hydrogens is 489 g/mol. The number of carbonyl (C=O) groups is 2. The quantitative estimate of drug-likeness (QED) is 0.459. The Hall–Kier alpha value is -3.34. The van der Waals surface area contributed by atoms with Gasteiger partial charge in [0.25, 0.3) is 0 Å². The molecule has 9 nitrogen and oxygen atoms in total. The molecule has 0 radical (unpaired) electrons. The molecular formula is C25H34FN3O6S. The van der Waals surface area contributed by atoms with E-state index in [9.17, 15) is 22.4 Å². The van der Waals surface area contributed by atoms with E-state index in [1.807, 2.05) is 13.8 Å². The molecule has 36 heavy (non-hydrogen) atoms. The van der Waals surface area contributed by atoms with Crippen LogP contribution in [0.5, 0.6) is 11.5 Å². The second kappa shape index (κ2) is 12.6. The van der Waals surface area contributed by atoms with Crippen molar-refractivity contribution in [2.24, 2.45) is 5.92 Å². The van der Waals surface area contributed by atoms with Crippen molar-refractivity contribution in [3.05, 3.63) is 53.8 Å². The van der Waals surface area contributed by atoms with Crippen molar-refractivity contribution < 1.29 is 31.9 Å². The molecule has 198 valence electrons. The number of benzene rings is 2. The summed E-state index contributed by atoms with van der Waals surface area (Å²) in [7, 11) is -1.07. The molecule has 1 N–H and O–H groups in total. The Kier molecular flexibility index (Phi) is 10.1. The normalized spacial score (nSPS) is 12.1. The van der Waals surface area contributed by atoms with Crippen LogP contribution < -0.4 is 19.1 Å². The molecule has 2 amide bonds. The van der Waals surface area contributed by atoms with E-state index in [0.717, 1.165) is 10.6 Å². The molecule has 0 spiro atoms. The molecule has 1 atom stereocenters. The van der Waals surface area contributed by atoms with Gasteiger partial charge in [-0.3, -0.25) is 13.9 Å². The average Bonchev–Trinajstić information content (AvgIpc) is 2.83. The topological polar surface area (TPSA) is 105 Å². The van der Waals surface area contributed by atoms with Crippen molar-refractivity contribution in [3.8, 4) is 11.5 Å². The number of ether oxygens (including phenoxy) is 2. The maximum absolute atomic E-state index is 14.4. The molecule has 11 heteroatoms. The number of rotatable bonds is 12. The number of anilines is 1. The minimum Gasteiger partial charge on any atom is -0.493 e. The fourth-order valence-electron chi connectivity index (χ4n) is 3.44. The number of carbonyl (C=O) groups excluding carboxylic acids is 2. The molecule has 0 aliphatic carbocycles. The number of nitrogens with one attached hydrogen (secondary N) is 1. The molecule has 0 aliphatic rings. The zero-order chi connectivity index (χ0) is 27.0. The van der Waals surface area contributed by atoms with Gasteiger partial charge in [0.15, 0.2) is 11.5 Å². The maximum atomic E-state index is 14.4. The van der Waals surface area contributed by atoms with Gasteiger partial charge < -0.3 is 19.7 Å². The van der Waals surface area contributed by atoms with Crippen LogP contribution in [0.15, 0.2) is 42.5 Å². The van der Waals surface area contributed by atoms with Crippen LogP contribution in [-0.4, -0.2) is 64.7 Å². The molecule has 0 bridgehead atoms. The molecule has 1 unspecified atom stereocenters. The third-order valence-corrected chi connectivity index (χ3v) is 6.63. The molecule has 0 aliphatic heterocycles. The summed E-state index contributed by atoms with van der Waals surface area (Å²) in [6, 6.07) is 9.37. The largest absolute Gasteiger partial charge is 0.493 e. The highest BCUT2D eigenvalue weighted by molar-refractivity contribution is 7.92. The van der Waals surface area contributed by atoms with Gasteiger partial charge in [0.1, 0.15) is 18.4 Å². The number of hydrogen-bond acceptors (Lipinski definition) is 6. The summed E-state index contributed by atoms with van der Waals surface area (Å²) >= 11 is 0. The van der Waals surface area contributed by atoms with Crippen molar-refractivity contribution in [3.63, 3.8) is 0 Å². The van der Waals surface area contributed by atoms with Crippen molar-refractivity contribution >= 4 is 27.5 Å². The number of hydrogen-bond donors (Lipinski definition) is 1. The van der Waals surface area contributed by atoms with Crippen LogP contribution in [0.4, 0.5) is 10.1 Å². The first-order chi connectivity index (χ1) is 16.9. The summed E-state index contributed by atoms with van der Waals surface area (Å²) in [6.07, 6.45) is 0.969. The molecule has 0 heterocycles. The van der Waals surface area contributed by atoms with Gasteiger partial charge in [0.2, 0.25) is 21.8 Å². The van der Waals surface area contributed by atoms with Gasteiger partial charge in [0.05, 0.1) is 26.2 Å². The molecule has 2 rings (SSSR count). The zero-order valence-corrected chi connectivity index (χ0v) is 22.3. The highest BCUT2D eigenvalue weighted by Gasteiger charge is 2.31. The summed E-state index contributed by atoms with van der Waals surface area (Å²) in [5.74, 6) is -0.790. The van der Waals surface area contributed by atoms with Gasteiger partial charge in [-0.25, -0.2) is 12.8 Å². The van der Waals surface area contributed by atoms with E-state index in [2.05, 4.69) is 5.32 Å². The van der Waals surface area contributed by atoms with Crippen LogP contribution in [0.2, 0.25) is 0 Å². The second-order valence-corrected chi connectivity index (χ2v) is 10.6. The molecule has 2 aromatic rings. The fourth-order valence-corrected chi connectivity index (χ4v) is 4.28. The number of amides is 2. The summed E-state index contributed by atoms with van der Waals surface area (Å²) < 4.78 is 51.2. The van der Waals surface area contributed by atoms with E-state index in [1.54, 1.807) is 6.07 Å². The highest BCUT2D eigenvalue weighted by Crippen LogP contribution is 2.32. The van der Waals surface area contributed by atoms with E-state index in [-0.39, 0.29) is 29.5 Å². The van der Waals surface area contributed by atoms with Crippen LogP contribution in [-0.2, 0) is 26.2 Å². The number of methoxy groups -OCH3 is 2. The summed E-state index contributed by atoms with van der Waals surface area (Å²) in [5.41, 5.74) is 0.373. The molecule has 0 saturated carbocycles. The van der Waals surface area contributed by atoms with E-state index in [0.29, 0.717) is 12.3 Å². The number of nitrogens with zero attached hydrogens (tertiary/aromatic N) is 2. The minimum absolute atomic E-state index is 0.172. The van der Waals surface area contributed by atoms with E-state index >= 15 is 0 Å². The Labute approximate surface area is 212 Å². The lowest BCUT2D eigenvalue weighted by molar-refractivity contribution is -0.139. The second-order valence-electron chi connectivity index (χ2n) is 8.74. The number of halogens is 1. The van der Waals surface area contributed by atoms with Gasteiger partial charge in [-0.1, -0.05) is 32.0 Å². The van der Waals surface area contributed by atoms with Gasteiger partial charge in [-0.2, -0.15) is 0 Å². The third kappa shape index (κ3) is 7.58. The van der Waals surface area contributed by atoms with Gasteiger partial charge in [-0.05, 0) is 31.0 Å². The Morgan fingerprint density at radius 1 is 1.03 bits per heavy atom. The summed E-state index contributed by atoms with van der Waals surface area (Å²) in [5, 5.41) is 2.77. The zero-order valence-electron chi connectivity index (χ0n) is 21.4. The monoisotopic (exact) mass is 523 g/mol. The number of sulfonamides is 1. The lowest BCUT2D eigenvalue weighted by Gasteiger charge is -2.31. The molecule has 0 aromatic heterocycles. The first-order valence-electron chi connectivity index (χ1n) is 11.4. The Bertz CT molecular complexity index is 1170. The summed E-state index contributed by atoms with van der Waals surface area (Å²) in [6.45, 7) is 4.96. The minimum atomic E-state index is -3.92. The third-order valence-electron chi connectivity index (χ3n) is 5.48. The molecule has 0 saturated heterocycles. The van der Waals surface area contributed by atoms with Gasteiger partial charge in [0, 0.05) is 24.7 Å². The van der Waals surface area contributed by atoms with E-state index in [4.69, 9.17) is 9.47 Å². The van der Waals surface area contributed by atoms with E-state index < -0.39 is 40.2 Å². The smallest absolute Gasteiger partial charge is 0.244 e. The van der Waals surface area contributed by atoms with Crippen molar-refractivity contribution in [2.45, 2.75) is 33.4 Å². The van der Waals surface area contributed by atoms with Crippen LogP contribution >= 0.6 is 0 Å². The van der Waals surface area contributed by atoms with Crippen molar-refractivity contribution in [1.29, 1.82) is 0 Å². The lowest BCUT2D eigenvalue weighted by Crippen LogP contribution is -2.51. The first kappa shape index (κ1) is 28.9. The lowest BCUT2D eigenvalue weighted by atomic mass is 10.1. The maximum Gasteiger partial charge on any atom is 0.244 e. The van der Waals surface area contributed by atoms with Crippen molar-refractivity contribution in [2.75, 3.05) is 37.9 Å².